The zero-order valence-corrected chi connectivity index (χ0v) is 8.31. The van der Waals surface area contributed by atoms with E-state index >= 15 is 0 Å². The Bertz CT molecular complexity index is 115. The second kappa shape index (κ2) is 11.9. The first-order valence-corrected chi connectivity index (χ1v) is 4.32. The first kappa shape index (κ1) is 12.8. The summed E-state index contributed by atoms with van der Waals surface area (Å²) in [6.07, 6.45) is 3.65. The van der Waals surface area contributed by atoms with Gasteiger partial charge in [0.15, 0.2) is 0 Å². The van der Waals surface area contributed by atoms with Gasteiger partial charge in [-0.2, -0.15) is 0 Å². The number of nitrogens with one attached hydrogen (secondary N) is 1. The first-order chi connectivity index (χ1) is 5.39. The van der Waals surface area contributed by atoms with Crippen LogP contribution in [-0.2, 0) is 0 Å². The summed E-state index contributed by atoms with van der Waals surface area (Å²) in [5, 5.41) is 3.09. The van der Waals surface area contributed by atoms with Crippen LogP contribution in [0, 0.1) is 0 Å². The molecule has 0 atom stereocenters. The van der Waals surface area contributed by atoms with Crippen molar-refractivity contribution >= 4 is 6.21 Å². The summed E-state index contributed by atoms with van der Waals surface area (Å²) in [6, 6.07) is 0. The van der Waals surface area contributed by atoms with Crippen LogP contribution >= 0.6 is 0 Å². The highest BCUT2D eigenvalue weighted by atomic mass is 14.9. The minimum absolute atomic E-state index is 0.877. The van der Waals surface area contributed by atoms with Gasteiger partial charge < -0.3 is 5.32 Å². The molecule has 0 saturated heterocycles. The van der Waals surface area contributed by atoms with Crippen LogP contribution in [0.15, 0.2) is 16.9 Å². The van der Waals surface area contributed by atoms with Crippen molar-refractivity contribution in [2.75, 3.05) is 6.54 Å². The Morgan fingerprint density at radius 1 is 1.27 bits per heavy atom. The third-order valence-corrected chi connectivity index (χ3v) is 0.846. The van der Waals surface area contributed by atoms with Gasteiger partial charge in [-0.3, -0.25) is 4.99 Å². The maximum Gasteiger partial charge on any atom is 0.0501 e. The van der Waals surface area contributed by atoms with E-state index in [1.165, 1.54) is 0 Å². The number of rotatable bonds is 0. The van der Waals surface area contributed by atoms with Crippen LogP contribution in [0.5, 0.6) is 0 Å². The lowest BCUT2D eigenvalue weighted by atomic mass is 10.5. The molecule has 1 aliphatic heterocycles. The summed E-state index contributed by atoms with van der Waals surface area (Å²) >= 11 is 0. The van der Waals surface area contributed by atoms with E-state index in [0.717, 1.165) is 12.2 Å². The smallest absolute Gasteiger partial charge is 0.0501 e. The number of nitrogens with zero attached hydrogens (tertiary/aromatic N) is 1. The van der Waals surface area contributed by atoms with Crippen LogP contribution in [0.25, 0.3) is 0 Å². The maximum atomic E-state index is 3.91. The molecule has 0 aliphatic carbocycles. The van der Waals surface area contributed by atoms with Crippen LogP contribution in [0.4, 0.5) is 0 Å². The van der Waals surface area contributed by atoms with Crippen LogP contribution < -0.4 is 5.32 Å². The Hall–Kier alpha value is -0.790. The molecule has 2 heteroatoms. The highest BCUT2D eigenvalue weighted by Gasteiger charge is 1.86. The normalized spacial score (nSPS) is 12.6. The number of hydrogen-bond acceptors (Lipinski definition) is 2. The van der Waals surface area contributed by atoms with Crippen LogP contribution in [0.2, 0.25) is 0 Å². The molecule has 1 rings (SSSR count). The van der Waals surface area contributed by atoms with Gasteiger partial charge in [0, 0.05) is 18.1 Å². The average Bonchev–Trinajstić information content (AvgIpc) is 2.13. The van der Waals surface area contributed by atoms with Gasteiger partial charge in [-0.05, 0) is 6.92 Å². The van der Waals surface area contributed by atoms with Crippen LogP contribution in [0.3, 0.4) is 0 Å². The van der Waals surface area contributed by atoms with Crippen molar-refractivity contribution in [3.63, 3.8) is 0 Å². The van der Waals surface area contributed by atoms with E-state index in [0.29, 0.717) is 0 Å². The molecular formula is C9H20N2. The average molecular weight is 156 g/mol. The van der Waals surface area contributed by atoms with E-state index in [1.54, 1.807) is 0 Å². The Kier molecular flexibility index (Phi) is 13.9. The van der Waals surface area contributed by atoms with Crippen molar-refractivity contribution in [2.24, 2.45) is 4.99 Å². The molecule has 0 amide bonds. The molecule has 66 valence electrons. The lowest BCUT2D eigenvalue weighted by molar-refractivity contribution is 0.913. The Morgan fingerprint density at radius 2 is 1.82 bits per heavy atom. The first-order valence-electron chi connectivity index (χ1n) is 4.32. The highest BCUT2D eigenvalue weighted by molar-refractivity contribution is 5.62. The van der Waals surface area contributed by atoms with Gasteiger partial charge in [-0.1, -0.05) is 27.7 Å². The van der Waals surface area contributed by atoms with E-state index in [2.05, 4.69) is 10.3 Å². The second-order valence-electron chi connectivity index (χ2n) is 1.52. The van der Waals surface area contributed by atoms with Crippen molar-refractivity contribution < 1.29 is 0 Å². The summed E-state index contributed by atoms with van der Waals surface area (Å²) < 4.78 is 0. The van der Waals surface area contributed by atoms with Gasteiger partial charge in [0.25, 0.3) is 0 Å². The molecule has 0 aromatic rings. The monoisotopic (exact) mass is 156 g/mol. The number of hydrogen-bond donors (Lipinski definition) is 1. The molecular weight excluding hydrogens is 136 g/mol. The number of allylic oxidation sites excluding steroid dienone is 1. The lowest BCUT2D eigenvalue weighted by Crippen LogP contribution is -2.15. The van der Waals surface area contributed by atoms with Crippen molar-refractivity contribution in [3.05, 3.63) is 11.9 Å². The summed E-state index contributed by atoms with van der Waals surface area (Å²) in [6.45, 7) is 10.9. The van der Waals surface area contributed by atoms with Gasteiger partial charge in [-0.25, -0.2) is 0 Å². The topological polar surface area (TPSA) is 24.4 Å². The predicted molar refractivity (Wildman–Crippen MR) is 52.9 cm³/mol. The van der Waals surface area contributed by atoms with Crippen molar-refractivity contribution in [1.29, 1.82) is 0 Å². The molecule has 11 heavy (non-hydrogen) atoms. The minimum atomic E-state index is 0.877. The third kappa shape index (κ3) is 9.21. The minimum Gasteiger partial charge on any atom is -0.382 e. The molecule has 2 nitrogen and oxygen atoms in total. The standard InChI is InChI=1S/C5H8N2.2C2H6/c1-5-4-6-2-3-7-5;2*1-2/h2,4,7H,3H2,1H3;2*1-2H3. The predicted octanol–water partition coefficient (Wildman–Crippen LogP) is 2.57. The zero-order valence-electron chi connectivity index (χ0n) is 8.31. The van der Waals surface area contributed by atoms with Gasteiger partial charge in [0.1, 0.15) is 0 Å². The summed E-state index contributed by atoms with van der Waals surface area (Å²) in [5.41, 5.74) is 1.14. The fourth-order valence-corrected chi connectivity index (χ4v) is 0.469. The highest BCUT2D eigenvalue weighted by Crippen LogP contribution is 1.88. The van der Waals surface area contributed by atoms with Crippen molar-refractivity contribution in [3.8, 4) is 0 Å². The molecule has 0 unspecified atom stereocenters. The summed E-state index contributed by atoms with van der Waals surface area (Å²) in [7, 11) is 0. The molecule has 0 saturated carbocycles. The van der Waals surface area contributed by atoms with Crippen LogP contribution in [0.1, 0.15) is 34.6 Å². The number of aliphatic imine (C=N–C) groups is 1. The molecule has 1 aliphatic rings. The Morgan fingerprint density at radius 3 is 2.00 bits per heavy atom. The fourth-order valence-electron chi connectivity index (χ4n) is 0.469. The molecule has 1 N–H and O–H groups in total. The zero-order chi connectivity index (χ0) is 9.11. The SMILES string of the molecule is CC.CC.CC1=CN=CCN1. The van der Waals surface area contributed by atoms with Crippen molar-refractivity contribution in [2.45, 2.75) is 34.6 Å². The lowest BCUT2D eigenvalue weighted by Gasteiger charge is -2.03. The van der Waals surface area contributed by atoms with Crippen molar-refractivity contribution in [1.82, 2.24) is 5.32 Å². The quantitative estimate of drug-likeness (QED) is 0.572. The fraction of sp³-hybridized carbons (Fsp3) is 0.667. The molecule has 0 spiro atoms. The summed E-state index contributed by atoms with van der Waals surface area (Å²) in [5.74, 6) is 0. The Balaban J connectivity index is 0. The van der Waals surface area contributed by atoms with E-state index in [4.69, 9.17) is 0 Å². The largest absolute Gasteiger partial charge is 0.382 e. The van der Waals surface area contributed by atoms with Crippen LogP contribution in [-0.4, -0.2) is 12.8 Å². The third-order valence-electron chi connectivity index (χ3n) is 0.846. The Labute approximate surface area is 70.4 Å². The van der Waals surface area contributed by atoms with Gasteiger partial charge >= 0.3 is 0 Å². The molecule has 0 bridgehead atoms. The molecule has 0 fully saturated rings. The van der Waals surface area contributed by atoms with E-state index in [9.17, 15) is 0 Å². The van der Waals surface area contributed by atoms with Gasteiger partial charge in [0.05, 0.1) is 6.54 Å². The maximum absolute atomic E-state index is 3.91. The van der Waals surface area contributed by atoms with E-state index in [-0.39, 0.29) is 0 Å². The van der Waals surface area contributed by atoms with E-state index < -0.39 is 0 Å². The van der Waals surface area contributed by atoms with Gasteiger partial charge in [0.2, 0.25) is 0 Å². The molecule has 0 aromatic carbocycles. The van der Waals surface area contributed by atoms with Gasteiger partial charge in [-0.15, -0.1) is 0 Å². The molecule has 0 aromatic heterocycles. The second-order valence-corrected chi connectivity index (χ2v) is 1.52. The van der Waals surface area contributed by atoms with E-state index in [1.807, 2.05) is 47.0 Å². The molecule has 0 radical (unpaired) electrons. The summed E-state index contributed by atoms with van der Waals surface area (Å²) in [4.78, 5) is 3.91. The molecule has 1 heterocycles.